The molecule has 0 fully saturated rings. The van der Waals surface area contributed by atoms with Crippen molar-refractivity contribution in [1.82, 2.24) is 20.5 Å². The van der Waals surface area contributed by atoms with Crippen LogP contribution in [0, 0.1) is 0 Å². The number of para-hydroxylation sites is 1. The summed E-state index contributed by atoms with van der Waals surface area (Å²) in [5.41, 5.74) is 3.25. The smallest absolute Gasteiger partial charge is 0.272 e. The SMILES string of the molecule is CCc1ccccc1Nc1ccc(C(=O)NCc2ccccn2)nn1. The molecule has 1 amide bonds. The molecule has 2 N–H and O–H groups in total. The highest BCUT2D eigenvalue weighted by atomic mass is 16.1. The molecule has 0 atom stereocenters. The van der Waals surface area contributed by atoms with E-state index in [-0.39, 0.29) is 11.6 Å². The monoisotopic (exact) mass is 333 g/mol. The minimum absolute atomic E-state index is 0.269. The van der Waals surface area contributed by atoms with Gasteiger partial charge in [-0.15, -0.1) is 10.2 Å². The number of benzene rings is 1. The minimum atomic E-state index is -0.279. The van der Waals surface area contributed by atoms with Crippen molar-refractivity contribution in [2.45, 2.75) is 19.9 Å². The van der Waals surface area contributed by atoms with Crippen LogP contribution >= 0.6 is 0 Å². The van der Waals surface area contributed by atoms with Crippen molar-refractivity contribution in [2.24, 2.45) is 0 Å². The van der Waals surface area contributed by atoms with E-state index in [2.05, 4.69) is 38.8 Å². The molecular formula is C19H19N5O. The van der Waals surface area contributed by atoms with Crippen LogP contribution < -0.4 is 10.6 Å². The van der Waals surface area contributed by atoms with Crippen LogP contribution in [0.15, 0.2) is 60.8 Å². The lowest BCUT2D eigenvalue weighted by atomic mass is 10.1. The van der Waals surface area contributed by atoms with E-state index < -0.39 is 0 Å². The molecule has 0 bridgehead atoms. The lowest BCUT2D eigenvalue weighted by Crippen LogP contribution is -2.24. The molecule has 3 rings (SSSR count). The van der Waals surface area contributed by atoms with Crippen LogP contribution in [0.2, 0.25) is 0 Å². The summed E-state index contributed by atoms with van der Waals surface area (Å²) in [6.07, 6.45) is 2.61. The fourth-order valence-electron chi connectivity index (χ4n) is 2.37. The summed E-state index contributed by atoms with van der Waals surface area (Å²) in [6.45, 7) is 2.45. The average Bonchev–Trinajstić information content (AvgIpc) is 2.68. The van der Waals surface area contributed by atoms with E-state index in [0.717, 1.165) is 17.8 Å². The van der Waals surface area contributed by atoms with Crippen LogP contribution in [-0.4, -0.2) is 21.1 Å². The zero-order valence-electron chi connectivity index (χ0n) is 13.9. The molecule has 0 saturated heterocycles. The molecule has 6 nitrogen and oxygen atoms in total. The number of anilines is 2. The Balaban J connectivity index is 1.62. The summed E-state index contributed by atoms with van der Waals surface area (Å²) < 4.78 is 0. The molecule has 25 heavy (non-hydrogen) atoms. The number of nitrogens with one attached hydrogen (secondary N) is 2. The summed E-state index contributed by atoms with van der Waals surface area (Å²) in [5.74, 6) is 0.320. The molecule has 0 saturated carbocycles. The Labute approximate surface area is 146 Å². The predicted octanol–water partition coefficient (Wildman–Crippen LogP) is 3.11. The number of nitrogens with zero attached hydrogens (tertiary/aromatic N) is 3. The molecule has 0 unspecified atom stereocenters. The van der Waals surface area contributed by atoms with Gasteiger partial charge in [0, 0.05) is 11.9 Å². The number of hydrogen-bond donors (Lipinski definition) is 2. The maximum Gasteiger partial charge on any atom is 0.272 e. The van der Waals surface area contributed by atoms with Crippen LogP contribution in [0.25, 0.3) is 0 Å². The maximum atomic E-state index is 12.1. The van der Waals surface area contributed by atoms with Crippen molar-refractivity contribution in [1.29, 1.82) is 0 Å². The molecule has 0 aliphatic rings. The van der Waals surface area contributed by atoms with Crippen LogP contribution in [-0.2, 0) is 13.0 Å². The van der Waals surface area contributed by atoms with E-state index in [1.165, 1.54) is 5.56 Å². The molecule has 0 radical (unpaired) electrons. The number of aromatic nitrogens is 3. The fourth-order valence-corrected chi connectivity index (χ4v) is 2.37. The first-order valence-corrected chi connectivity index (χ1v) is 8.13. The Morgan fingerprint density at radius 3 is 2.56 bits per heavy atom. The minimum Gasteiger partial charge on any atom is -0.345 e. The number of carbonyl (C=O) groups excluding carboxylic acids is 1. The second-order valence-corrected chi connectivity index (χ2v) is 5.44. The van der Waals surface area contributed by atoms with Gasteiger partial charge in [0.05, 0.1) is 12.2 Å². The van der Waals surface area contributed by atoms with Crippen molar-refractivity contribution in [3.63, 3.8) is 0 Å². The van der Waals surface area contributed by atoms with Gasteiger partial charge in [-0.1, -0.05) is 31.2 Å². The van der Waals surface area contributed by atoms with Gasteiger partial charge in [0.2, 0.25) is 0 Å². The zero-order valence-corrected chi connectivity index (χ0v) is 13.9. The van der Waals surface area contributed by atoms with Crippen molar-refractivity contribution in [3.05, 3.63) is 77.7 Å². The standard InChI is InChI=1S/C19H19N5O/c1-2-14-7-3-4-9-16(14)22-18-11-10-17(23-24-18)19(25)21-13-15-8-5-6-12-20-15/h3-12H,2,13H2,1H3,(H,21,25)(H,22,24). The molecule has 0 spiro atoms. The Kier molecular flexibility index (Phi) is 5.31. The normalized spacial score (nSPS) is 10.3. The number of pyridine rings is 1. The molecule has 126 valence electrons. The maximum absolute atomic E-state index is 12.1. The molecular weight excluding hydrogens is 314 g/mol. The van der Waals surface area contributed by atoms with Gasteiger partial charge in [-0.3, -0.25) is 9.78 Å². The largest absolute Gasteiger partial charge is 0.345 e. The summed E-state index contributed by atoms with van der Waals surface area (Å²) in [5, 5.41) is 14.1. The lowest BCUT2D eigenvalue weighted by molar-refractivity contribution is 0.0944. The fraction of sp³-hybridized carbons (Fsp3) is 0.158. The summed E-state index contributed by atoms with van der Waals surface area (Å²) in [7, 11) is 0. The third-order valence-electron chi connectivity index (χ3n) is 3.71. The topological polar surface area (TPSA) is 79.8 Å². The van der Waals surface area contributed by atoms with E-state index in [1.54, 1.807) is 18.3 Å². The molecule has 2 aromatic heterocycles. The summed E-state index contributed by atoms with van der Waals surface area (Å²) in [4.78, 5) is 16.3. The van der Waals surface area contributed by atoms with Gasteiger partial charge >= 0.3 is 0 Å². The lowest BCUT2D eigenvalue weighted by Gasteiger charge is -2.10. The molecule has 0 aliphatic carbocycles. The molecule has 1 aromatic carbocycles. The number of amides is 1. The zero-order chi connectivity index (χ0) is 17.5. The van der Waals surface area contributed by atoms with Gasteiger partial charge in [0.1, 0.15) is 0 Å². The van der Waals surface area contributed by atoms with E-state index >= 15 is 0 Å². The van der Waals surface area contributed by atoms with Crippen LogP contribution in [0.3, 0.4) is 0 Å². The van der Waals surface area contributed by atoms with Gasteiger partial charge in [-0.2, -0.15) is 0 Å². The van der Waals surface area contributed by atoms with E-state index in [0.29, 0.717) is 12.4 Å². The first-order valence-electron chi connectivity index (χ1n) is 8.13. The number of carbonyl (C=O) groups is 1. The van der Waals surface area contributed by atoms with Gasteiger partial charge < -0.3 is 10.6 Å². The second kappa shape index (κ2) is 8.01. The first kappa shape index (κ1) is 16.6. The van der Waals surface area contributed by atoms with Crippen LogP contribution in [0.1, 0.15) is 28.7 Å². The van der Waals surface area contributed by atoms with Crippen LogP contribution in [0.4, 0.5) is 11.5 Å². The Bertz CT molecular complexity index is 834. The highest BCUT2D eigenvalue weighted by Crippen LogP contribution is 2.19. The number of hydrogen-bond acceptors (Lipinski definition) is 5. The third kappa shape index (κ3) is 4.38. The second-order valence-electron chi connectivity index (χ2n) is 5.44. The highest BCUT2D eigenvalue weighted by molar-refractivity contribution is 5.92. The first-order chi connectivity index (χ1) is 12.3. The molecule has 0 aliphatic heterocycles. The van der Waals surface area contributed by atoms with Gasteiger partial charge in [0.15, 0.2) is 11.5 Å². The molecule has 3 aromatic rings. The molecule has 2 heterocycles. The van der Waals surface area contributed by atoms with Gasteiger partial charge in [-0.25, -0.2) is 0 Å². The van der Waals surface area contributed by atoms with E-state index in [4.69, 9.17) is 0 Å². The molecule has 6 heteroatoms. The van der Waals surface area contributed by atoms with E-state index in [1.807, 2.05) is 36.4 Å². The highest BCUT2D eigenvalue weighted by Gasteiger charge is 2.09. The Morgan fingerprint density at radius 1 is 1.00 bits per heavy atom. The van der Waals surface area contributed by atoms with Gasteiger partial charge in [0.25, 0.3) is 5.91 Å². The van der Waals surface area contributed by atoms with Crippen molar-refractivity contribution in [2.75, 3.05) is 5.32 Å². The summed E-state index contributed by atoms with van der Waals surface area (Å²) in [6, 6.07) is 17.0. The van der Waals surface area contributed by atoms with E-state index in [9.17, 15) is 4.79 Å². The summed E-state index contributed by atoms with van der Waals surface area (Å²) >= 11 is 0. The number of aryl methyl sites for hydroxylation is 1. The van der Waals surface area contributed by atoms with Crippen LogP contribution in [0.5, 0.6) is 0 Å². The van der Waals surface area contributed by atoms with Crippen molar-refractivity contribution in [3.8, 4) is 0 Å². The number of rotatable bonds is 6. The Morgan fingerprint density at radius 2 is 1.84 bits per heavy atom. The van der Waals surface area contributed by atoms with Crippen molar-refractivity contribution >= 4 is 17.4 Å². The Hall–Kier alpha value is -3.28. The average molecular weight is 333 g/mol. The van der Waals surface area contributed by atoms with Crippen molar-refractivity contribution < 1.29 is 4.79 Å². The predicted molar refractivity (Wildman–Crippen MR) is 96.5 cm³/mol. The van der Waals surface area contributed by atoms with Gasteiger partial charge in [-0.05, 0) is 42.3 Å². The third-order valence-corrected chi connectivity index (χ3v) is 3.71. The quantitative estimate of drug-likeness (QED) is 0.724.